The summed E-state index contributed by atoms with van der Waals surface area (Å²) in [6, 6.07) is 5.63. The third kappa shape index (κ3) is 2.65. The molecule has 0 radical (unpaired) electrons. The highest BCUT2D eigenvalue weighted by molar-refractivity contribution is 5.92. The number of amides is 1. The van der Waals surface area contributed by atoms with Crippen LogP contribution in [0.4, 0.5) is 0 Å². The molecule has 0 fully saturated rings. The van der Waals surface area contributed by atoms with E-state index in [1.165, 1.54) is 0 Å². The van der Waals surface area contributed by atoms with Crippen LogP contribution in [-0.4, -0.2) is 36.8 Å². The van der Waals surface area contributed by atoms with E-state index in [0.29, 0.717) is 17.9 Å². The predicted molar refractivity (Wildman–Crippen MR) is 87.6 cm³/mol. The van der Waals surface area contributed by atoms with Crippen LogP contribution in [0.1, 0.15) is 33.3 Å². The van der Waals surface area contributed by atoms with E-state index in [2.05, 4.69) is 25.8 Å². The number of aromatic nitrogens is 5. The van der Waals surface area contributed by atoms with Gasteiger partial charge in [-0.1, -0.05) is 0 Å². The second-order valence-corrected chi connectivity index (χ2v) is 6.05. The highest BCUT2D eigenvalue weighted by Gasteiger charge is 2.14. The molecule has 3 aromatic rings. The molecule has 0 aliphatic carbocycles. The van der Waals surface area contributed by atoms with E-state index < -0.39 is 0 Å². The van der Waals surface area contributed by atoms with Gasteiger partial charge in [-0.05, 0) is 26.0 Å². The first kappa shape index (κ1) is 14.8. The van der Waals surface area contributed by atoms with Gasteiger partial charge in [0.25, 0.3) is 5.91 Å². The minimum Gasteiger partial charge on any atom is -0.345 e. The first-order valence-corrected chi connectivity index (χ1v) is 7.99. The topological polar surface area (TPSA) is 89.1 Å². The highest BCUT2D eigenvalue weighted by Crippen LogP contribution is 2.10. The predicted octanol–water partition coefficient (Wildman–Crippen LogP) is 0.576. The molecule has 1 aliphatic heterocycles. The van der Waals surface area contributed by atoms with Crippen LogP contribution in [0.2, 0.25) is 0 Å². The minimum atomic E-state index is -0.205. The molecule has 1 amide bonds. The van der Waals surface area contributed by atoms with E-state index in [9.17, 15) is 4.79 Å². The Morgan fingerprint density at radius 2 is 2.17 bits per heavy atom. The normalized spacial score (nSPS) is 13.9. The number of hydrogen-bond donors (Lipinski definition) is 2. The standard InChI is InChI=1S/C16H19N7O/c1-10-5-15-19-14(6-11(2)23(15)20-10)16(24)18-8-12-7-13-9-17-3-4-22(13)21-12/h5-7,17H,3-4,8-9H2,1-2H3,(H,18,24). The molecule has 2 N–H and O–H groups in total. The van der Waals surface area contributed by atoms with Gasteiger partial charge in [0.15, 0.2) is 5.65 Å². The summed E-state index contributed by atoms with van der Waals surface area (Å²) in [5, 5.41) is 15.1. The van der Waals surface area contributed by atoms with Crippen molar-refractivity contribution >= 4 is 11.6 Å². The van der Waals surface area contributed by atoms with Crippen LogP contribution in [0, 0.1) is 13.8 Å². The van der Waals surface area contributed by atoms with Crippen molar-refractivity contribution in [2.75, 3.05) is 6.54 Å². The molecule has 0 saturated carbocycles. The van der Waals surface area contributed by atoms with Crippen LogP contribution in [0.25, 0.3) is 5.65 Å². The van der Waals surface area contributed by atoms with Crippen molar-refractivity contribution in [1.29, 1.82) is 0 Å². The molecule has 0 atom stereocenters. The van der Waals surface area contributed by atoms with Crippen molar-refractivity contribution in [3.8, 4) is 0 Å². The first-order valence-electron chi connectivity index (χ1n) is 7.99. The summed E-state index contributed by atoms with van der Waals surface area (Å²) in [4.78, 5) is 16.8. The summed E-state index contributed by atoms with van der Waals surface area (Å²) in [5.41, 5.74) is 4.84. The van der Waals surface area contributed by atoms with Crippen LogP contribution >= 0.6 is 0 Å². The third-order valence-electron chi connectivity index (χ3n) is 4.11. The van der Waals surface area contributed by atoms with E-state index in [-0.39, 0.29) is 5.91 Å². The highest BCUT2D eigenvalue weighted by atomic mass is 16.1. The molecule has 8 nitrogen and oxygen atoms in total. The second kappa shape index (κ2) is 5.72. The Morgan fingerprint density at radius 3 is 3.00 bits per heavy atom. The van der Waals surface area contributed by atoms with Crippen molar-refractivity contribution < 1.29 is 4.79 Å². The molecule has 4 heterocycles. The molecule has 0 unspecified atom stereocenters. The summed E-state index contributed by atoms with van der Waals surface area (Å²) >= 11 is 0. The largest absolute Gasteiger partial charge is 0.345 e. The molecule has 0 aromatic carbocycles. The summed E-state index contributed by atoms with van der Waals surface area (Å²) < 4.78 is 3.73. The monoisotopic (exact) mass is 325 g/mol. The Hall–Kier alpha value is -2.74. The van der Waals surface area contributed by atoms with Crippen molar-refractivity contribution in [1.82, 2.24) is 35.0 Å². The van der Waals surface area contributed by atoms with Gasteiger partial charge >= 0.3 is 0 Å². The Labute approximate surface area is 138 Å². The lowest BCUT2D eigenvalue weighted by molar-refractivity contribution is 0.0945. The number of fused-ring (bicyclic) bond motifs is 2. The summed E-state index contributed by atoms with van der Waals surface area (Å²) in [7, 11) is 0. The third-order valence-corrected chi connectivity index (χ3v) is 4.11. The van der Waals surface area contributed by atoms with Gasteiger partial charge in [-0.15, -0.1) is 0 Å². The molecule has 0 bridgehead atoms. The van der Waals surface area contributed by atoms with Crippen LogP contribution in [0.3, 0.4) is 0 Å². The van der Waals surface area contributed by atoms with Gasteiger partial charge in [-0.2, -0.15) is 10.2 Å². The maximum atomic E-state index is 12.4. The smallest absolute Gasteiger partial charge is 0.270 e. The van der Waals surface area contributed by atoms with E-state index >= 15 is 0 Å². The zero-order valence-electron chi connectivity index (χ0n) is 13.7. The van der Waals surface area contributed by atoms with Crippen LogP contribution in [0.5, 0.6) is 0 Å². The number of carbonyl (C=O) groups excluding carboxylic acids is 1. The molecule has 1 aliphatic rings. The molecular weight excluding hydrogens is 306 g/mol. The van der Waals surface area contributed by atoms with Crippen molar-refractivity contribution in [3.63, 3.8) is 0 Å². The van der Waals surface area contributed by atoms with E-state index in [1.54, 1.807) is 10.6 Å². The van der Waals surface area contributed by atoms with Gasteiger partial charge < -0.3 is 10.6 Å². The number of nitrogens with zero attached hydrogens (tertiary/aromatic N) is 5. The van der Waals surface area contributed by atoms with Crippen molar-refractivity contribution in [2.45, 2.75) is 33.5 Å². The number of rotatable bonds is 3. The van der Waals surface area contributed by atoms with Crippen LogP contribution in [0.15, 0.2) is 18.2 Å². The number of nitrogens with one attached hydrogen (secondary N) is 2. The first-order chi connectivity index (χ1) is 11.6. The zero-order chi connectivity index (χ0) is 16.7. The van der Waals surface area contributed by atoms with E-state index in [1.807, 2.05) is 30.7 Å². The van der Waals surface area contributed by atoms with Crippen LogP contribution in [-0.2, 0) is 19.6 Å². The van der Waals surface area contributed by atoms with Crippen molar-refractivity contribution in [3.05, 3.63) is 46.7 Å². The Kier molecular flexibility index (Phi) is 3.53. The Bertz CT molecular complexity index is 901. The molecular formula is C16H19N7O. The quantitative estimate of drug-likeness (QED) is 0.735. The maximum absolute atomic E-state index is 12.4. The lowest BCUT2D eigenvalue weighted by atomic mass is 10.3. The number of hydrogen-bond acceptors (Lipinski definition) is 5. The fourth-order valence-electron chi connectivity index (χ4n) is 2.96. The Balaban J connectivity index is 1.50. The fourth-order valence-corrected chi connectivity index (χ4v) is 2.96. The van der Waals surface area contributed by atoms with E-state index in [0.717, 1.165) is 42.4 Å². The SMILES string of the molecule is Cc1cc2nc(C(=O)NCc3cc4n(n3)CCNC4)cc(C)n2n1. The lowest BCUT2D eigenvalue weighted by Gasteiger charge is -2.13. The maximum Gasteiger partial charge on any atom is 0.270 e. The van der Waals surface area contributed by atoms with Gasteiger partial charge in [0.1, 0.15) is 5.69 Å². The minimum absolute atomic E-state index is 0.205. The molecule has 24 heavy (non-hydrogen) atoms. The van der Waals surface area contributed by atoms with Gasteiger partial charge in [0.2, 0.25) is 0 Å². The molecule has 4 rings (SSSR count). The summed E-state index contributed by atoms with van der Waals surface area (Å²) in [5.74, 6) is -0.205. The van der Waals surface area contributed by atoms with Crippen LogP contribution < -0.4 is 10.6 Å². The summed E-state index contributed by atoms with van der Waals surface area (Å²) in [6.45, 7) is 6.81. The molecule has 124 valence electrons. The fraction of sp³-hybridized carbons (Fsp3) is 0.375. The summed E-state index contributed by atoms with van der Waals surface area (Å²) in [6.07, 6.45) is 0. The van der Waals surface area contributed by atoms with Gasteiger partial charge in [-0.3, -0.25) is 9.48 Å². The number of aryl methyl sites for hydroxylation is 2. The van der Waals surface area contributed by atoms with E-state index in [4.69, 9.17) is 0 Å². The molecule has 0 saturated heterocycles. The van der Waals surface area contributed by atoms with Gasteiger partial charge in [-0.25, -0.2) is 9.50 Å². The molecule has 0 spiro atoms. The molecule has 3 aromatic heterocycles. The van der Waals surface area contributed by atoms with Crippen molar-refractivity contribution in [2.24, 2.45) is 0 Å². The van der Waals surface area contributed by atoms with Gasteiger partial charge in [0.05, 0.1) is 30.2 Å². The molecule has 8 heteroatoms. The second-order valence-electron chi connectivity index (χ2n) is 6.05. The van der Waals surface area contributed by atoms with Gasteiger partial charge in [0, 0.05) is 24.8 Å². The zero-order valence-corrected chi connectivity index (χ0v) is 13.7. The Morgan fingerprint density at radius 1 is 1.29 bits per heavy atom. The number of carbonyl (C=O) groups is 1. The average Bonchev–Trinajstić information content (AvgIpc) is 3.14. The lowest BCUT2D eigenvalue weighted by Crippen LogP contribution is -2.28. The average molecular weight is 325 g/mol.